The number of aromatic nitrogens is 4. The highest BCUT2D eigenvalue weighted by Crippen LogP contribution is 2.33. The highest BCUT2D eigenvalue weighted by Gasteiger charge is 2.16. The number of para-hydroxylation sites is 1. The quantitative estimate of drug-likeness (QED) is 0.390. The van der Waals surface area contributed by atoms with E-state index in [1.165, 1.54) is 0 Å². The second kappa shape index (κ2) is 7.16. The van der Waals surface area contributed by atoms with E-state index < -0.39 is 0 Å². The number of benzene rings is 3. The van der Waals surface area contributed by atoms with Crippen molar-refractivity contribution in [3.05, 3.63) is 81.1 Å². The highest BCUT2D eigenvalue weighted by atomic mass is 35.5. The maximum Gasteiger partial charge on any atom is 0.263 e. The Balaban J connectivity index is 1.69. The average Bonchev–Trinajstić information content (AvgIpc) is 3.16. The molecule has 0 radical (unpaired) electrons. The number of hydrogen-bond acceptors (Lipinski definition) is 4. The summed E-state index contributed by atoms with van der Waals surface area (Å²) in [6, 6.07) is 18.5. The number of nitrogens with one attached hydrogen (secondary N) is 2. The summed E-state index contributed by atoms with van der Waals surface area (Å²) in [4.78, 5) is 25.7. The van der Waals surface area contributed by atoms with Gasteiger partial charge in [-0.25, -0.2) is 9.97 Å². The minimum atomic E-state index is -0.168. The van der Waals surface area contributed by atoms with E-state index in [0.29, 0.717) is 49.4 Å². The molecule has 0 aliphatic carbocycles. The molecule has 148 valence electrons. The van der Waals surface area contributed by atoms with Crippen molar-refractivity contribution in [3.8, 4) is 11.4 Å². The van der Waals surface area contributed by atoms with Gasteiger partial charge in [-0.2, -0.15) is 0 Å². The molecule has 0 aliphatic heterocycles. The summed E-state index contributed by atoms with van der Waals surface area (Å²) in [5, 5.41) is 4.50. The van der Waals surface area contributed by atoms with Crippen molar-refractivity contribution in [1.82, 2.24) is 19.5 Å². The summed E-state index contributed by atoms with van der Waals surface area (Å²) in [5.41, 5.74) is 3.07. The van der Waals surface area contributed by atoms with Crippen LogP contribution >= 0.6 is 23.2 Å². The monoisotopic (exact) mass is 435 g/mol. The Bertz CT molecular complexity index is 1450. The predicted molar refractivity (Wildman–Crippen MR) is 122 cm³/mol. The number of aromatic amines is 1. The van der Waals surface area contributed by atoms with Gasteiger partial charge in [-0.15, -0.1) is 0 Å². The van der Waals surface area contributed by atoms with Gasteiger partial charge >= 0.3 is 0 Å². The Morgan fingerprint density at radius 1 is 0.933 bits per heavy atom. The fraction of sp³-hybridized carbons (Fsp3) is 0.0455. The first-order valence-electron chi connectivity index (χ1n) is 9.19. The molecule has 8 heteroatoms. The zero-order valence-electron chi connectivity index (χ0n) is 15.8. The molecule has 30 heavy (non-hydrogen) atoms. The van der Waals surface area contributed by atoms with Gasteiger partial charge in [0.25, 0.3) is 5.56 Å². The van der Waals surface area contributed by atoms with Gasteiger partial charge < -0.3 is 10.3 Å². The van der Waals surface area contributed by atoms with Gasteiger partial charge in [-0.1, -0.05) is 59.6 Å². The number of anilines is 2. The Labute approximate surface area is 181 Å². The Morgan fingerprint density at radius 2 is 1.67 bits per heavy atom. The molecule has 0 spiro atoms. The van der Waals surface area contributed by atoms with Crippen molar-refractivity contribution in [1.29, 1.82) is 0 Å². The first-order valence-corrected chi connectivity index (χ1v) is 9.94. The van der Waals surface area contributed by atoms with Gasteiger partial charge in [0.15, 0.2) is 0 Å². The van der Waals surface area contributed by atoms with Crippen molar-refractivity contribution in [2.75, 3.05) is 5.32 Å². The molecule has 0 bridgehead atoms. The molecule has 0 atom stereocenters. The van der Waals surface area contributed by atoms with E-state index in [0.717, 1.165) is 5.56 Å². The third-order valence-corrected chi connectivity index (χ3v) is 5.56. The number of rotatable bonds is 3. The van der Waals surface area contributed by atoms with Crippen LogP contribution in [-0.4, -0.2) is 19.5 Å². The zero-order chi connectivity index (χ0) is 20.8. The van der Waals surface area contributed by atoms with Crippen molar-refractivity contribution >= 4 is 56.8 Å². The largest absolute Gasteiger partial charge is 0.324 e. The average molecular weight is 436 g/mol. The van der Waals surface area contributed by atoms with E-state index in [9.17, 15) is 4.79 Å². The molecule has 0 aliphatic rings. The van der Waals surface area contributed by atoms with Crippen LogP contribution in [0.5, 0.6) is 0 Å². The molecular weight excluding hydrogens is 421 g/mol. The third-order valence-electron chi connectivity index (χ3n) is 4.93. The number of fused-ring (bicyclic) bond motifs is 3. The fourth-order valence-corrected chi connectivity index (χ4v) is 3.95. The van der Waals surface area contributed by atoms with Gasteiger partial charge in [-0.3, -0.25) is 9.36 Å². The Morgan fingerprint density at radius 3 is 2.40 bits per heavy atom. The first kappa shape index (κ1) is 18.7. The maximum atomic E-state index is 13.2. The molecule has 2 heterocycles. The van der Waals surface area contributed by atoms with Gasteiger partial charge in [0, 0.05) is 12.6 Å². The molecule has 2 N–H and O–H groups in total. The molecule has 0 fully saturated rings. The van der Waals surface area contributed by atoms with Crippen LogP contribution in [0.4, 0.5) is 11.6 Å². The summed E-state index contributed by atoms with van der Waals surface area (Å²) in [6.45, 7) is 0. The number of imidazole rings is 1. The van der Waals surface area contributed by atoms with E-state index in [1.54, 1.807) is 29.8 Å². The lowest BCUT2D eigenvalue weighted by molar-refractivity contribution is 0.856. The molecule has 3 aromatic carbocycles. The van der Waals surface area contributed by atoms with Gasteiger partial charge in [-0.05, 0) is 24.3 Å². The molecule has 2 aromatic heterocycles. The van der Waals surface area contributed by atoms with Crippen LogP contribution in [0.1, 0.15) is 0 Å². The predicted octanol–water partition coefficient (Wildman–Crippen LogP) is 5.53. The molecule has 0 saturated carbocycles. The van der Waals surface area contributed by atoms with Crippen LogP contribution in [0.15, 0.2) is 65.5 Å². The lowest BCUT2D eigenvalue weighted by Gasteiger charge is -2.09. The number of nitrogens with zero attached hydrogens (tertiary/aromatic N) is 3. The highest BCUT2D eigenvalue weighted by molar-refractivity contribution is 6.39. The van der Waals surface area contributed by atoms with Crippen LogP contribution in [0.3, 0.4) is 0 Å². The molecule has 6 nitrogen and oxygen atoms in total. The molecule has 0 saturated heterocycles. The van der Waals surface area contributed by atoms with Crippen LogP contribution in [-0.2, 0) is 7.05 Å². The summed E-state index contributed by atoms with van der Waals surface area (Å²) < 4.78 is 1.55. The topological polar surface area (TPSA) is 75.6 Å². The van der Waals surface area contributed by atoms with Crippen LogP contribution in [0.25, 0.3) is 33.3 Å². The smallest absolute Gasteiger partial charge is 0.263 e. The normalized spacial score (nSPS) is 11.3. The number of hydrogen-bond donors (Lipinski definition) is 2. The van der Waals surface area contributed by atoms with Crippen molar-refractivity contribution < 1.29 is 0 Å². The number of halogens is 2. The first-order chi connectivity index (χ1) is 14.5. The number of H-pyrrole nitrogens is 1. The van der Waals surface area contributed by atoms with E-state index in [1.807, 2.05) is 42.5 Å². The molecule has 5 aromatic rings. The summed E-state index contributed by atoms with van der Waals surface area (Å²) in [7, 11) is 1.71. The molecule has 5 rings (SSSR count). The molecule has 0 amide bonds. The van der Waals surface area contributed by atoms with Crippen molar-refractivity contribution in [3.63, 3.8) is 0 Å². The molecular formula is C22H15Cl2N5O. The van der Waals surface area contributed by atoms with E-state index >= 15 is 0 Å². The standard InChI is InChI=1S/C22H15Cl2N5O/c1-29-20(12-6-3-2-4-7-12)25-15-10-11-16-19(17(15)21(29)30)28-22(26-16)27-18-13(23)8-5-9-14(18)24/h2-11H,1H3,(H2,26,27,28). The zero-order valence-corrected chi connectivity index (χ0v) is 17.3. The SMILES string of the molecule is Cn1c(-c2ccccc2)nc2ccc3[nH]c(Nc4c(Cl)cccc4Cl)nc3c2c1=O. The lowest BCUT2D eigenvalue weighted by atomic mass is 10.1. The minimum absolute atomic E-state index is 0.168. The van der Waals surface area contributed by atoms with Gasteiger partial charge in [0.2, 0.25) is 5.95 Å². The second-order valence-electron chi connectivity index (χ2n) is 6.83. The Kier molecular flexibility index (Phi) is 4.46. The van der Waals surface area contributed by atoms with Crippen LogP contribution < -0.4 is 10.9 Å². The van der Waals surface area contributed by atoms with E-state index in [4.69, 9.17) is 28.2 Å². The fourth-order valence-electron chi connectivity index (χ4n) is 3.46. The minimum Gasteiger partial charge on any atom is -0.324 e. The Hall–Kier alpha value is -3.35. The van der Waals surface area contributed by atoms with Crippen molar-refractivity contribution in [2.45, 2.75) is 0 Å². The maximum absolute atomic E-state index is 13.2. The third kappa shape index (κ3) is 3.01. The lowest BCUT2D eigenvalue weighted by Crippen LogP contribution is -2.20. The van der Waals surface area contributed by atoms with Gasteiger partial charge in [0.05, 0.1) is 32.2 Å². The second-order valence-corrected chi connectivity index (χ2v) is 7.64. The van der Waals surface area contributed by atoms with E-state index in [2.05, 4.69) is 15.3 Å². The van der Waals surface area contributed by atoms with Crippen LogP contribution in [0, 0.1) is 0 Å². The summed E-state index contributed by atoms with van der Waals surface area (Å²) in [6.07, 6.45) is 0. The van der Waals surface area contributed by atoms with Crippen LogP contribution in [0.2, 0.25) is 10.0 Å². The summed E-state index contributed by atoms with van der Waals surface area (Å²) >= 11 is 12.5. The van der Waals surface area contributed by atoms with Gasteiger partial charge in [0.1, 0.15) is 11.3 Å². The van der Waals surface area contributed by atoms with E-state index in [-0.39, 0.29) is 5.56 Å². The van der Waals surface area contributed by atoms with Crippen molar-refractivity contribution in [2.24, 2.45) is 7.05 Å². The molecule has 0 unspecified atom stereocenters. The summed E-state index contributed by atoms with van der Waals surface area (Å²) in [5.74, 6) is 1.03.